The Bertz CT molecular complexity index is 937. The highest BCUT2D eigenvalue weighted by molar-refractivity contribution is 7.99. The van der Waals surface area contributed by atoms with Gasteiger partial charge in [-0.2, -0.15) is 0 Å². The number of carbonyl (C=O) groups excluding carboxylic acids is 1. The number of hydrogen-bond acceptors (Lipinski definition) is 4. The van der Waals surface area contributed by atoms with E-state index in [1.54, 1.807) is 12.4 Å². The molecule has 0 radical (unpaired) electrons. The highest BCUT2D eigenvalue weighted by Gasteiger charge is 2.11. The van der Waals surface area contributed by atoms with Gasteiger partial charge in [0.15, 0.2) is 5.16 Å². The maximum absolute atomic E-state index is 12.2. The van der Waals surface area contributed by atoms with E-state index in [2.05, 4.69) is 41.5 Å². The molecule has 5 nitrogen and oxygen atoms in total. The summed E-state index contributed by atoms with van der Waals surface area (Å²) in [7, 11) is 0. The van der Waals surface area contributed by atoms with Crippen molar-refractivity contribution in [3.8, 4) is 5.69 Å². The van der Waals surface area contributed by atoms with Crippen molar-refractivity contribution in [2.75, 3.05) is 11.1 Å². The first kappa shape index (κ1) is 19.5. The first-order chi connectivity index (χ1) is 12.9. The van der Waals surface area contributed by atoms with Gasteiger partial charge in [-0.3, -0.25) is 9.36 Å². The lowest BCUT2D eigenvalue weighted by molar-refractivity contribution is -0.113. The minimum absolute atomic E-state index is 0.121. The summed E-state index contributed by atoms with van der Waals surface area (Å²) in [6.45, 7) is 6.24. The Balaban J connectivity index is 1.64. The number of nitrogens with one attached hydrogen (secondary N) is 1. The molecule has 0 unspecified atom stereocenters. The minimum Gasteiger partial charge on any atom is -0.325 e. The average molecular weight is 401 g/mol. The maximum Gasteiger partial charge on any atom is 0.234 e. The highest BCUT2D eigenvalue weighted by atomic mass is 35.5. The molecule has 1 N–H and O–H groups in total. The smallest absolute Gasteiger partial charge is 0.234 e. The Morgan fingerprint density at radius 2 is 1.96 bits per heavy atom. The SMILES string of the molecule is Cc1ccc(NC(=O)CSc2nncn2-c2ccc(C(C)C)cc2)cc1Cl. The lowest BCUT2D eigenvalue weighted by Gasteiger charge is -2.09. The van der Waals surface area contributed by atoms with Crippen molar-refractivity contribution in [1.29, 1.82) is 0 Å². The summed E-state index contributed by atoms with van der Waals surface area (Å²) in [5.74, 6) is 0.589. The van der Waals surface area contributed by atoms with Crippen LogP contribution in [0.1, 0.15) is 30.9 Å². The molecule has 7 heteroatoms. The van der Waals surface area contributed by atoms with Crippen molar-refractivity contribution in [2.45, 2.75) is 31.8 Å². The van der Waals surface area contributed by atoms with Crippen molar-refractivity contribution in [3.63, 3.8) is 0 Å². The third-order valence-electron chi connectivity index (χ3n) is 4.14. The Morgan fingerprint density at radius 3 is 2.63 bits per heavy atom. The van der Waals surface area contributed by atoms with Crippen LogP contribution in [0.4, 0.5) is 5.69 Å². The van der Waals surface area contributed by atoms with Crippen molar-refractivity contribution in [2.24, 2.45) is 0 Å². The van der Waals surface area contributed by atoms with Gasteiger partial charge in [-0.25, -0.2) is 0 Å². The maximum atomic E-state index is 12.2. The molecule has 0 bridgehead atoms. The van der Waals surface area contributed by atoms with Gasteiger partial charge in [0.1, 0.15) is 6.33 Å². The number of nitrogens with zero attached hydrogens (tertiary/aromatic N) is 3. The number of aromatic nitrogens is 3. The number of rotatable bonds is 6. The molecule has 1 amide bonds. The third-order valence-corrected chi connectivity index (χ3v) is 5.49. The van der Waals surface area contributed by atoms with Crippen LogP contribution in [0.2, 0.25) is 5.02 Å². The van der Waals surface area contributed by atoms with Crippen LogP contribution in [0.5, 0.6) is 0 Å². The Hall–Kier alpha value is -2.31. The van der Waals surface area contributed by atoms with Gasteiger partial charge in [-0.05, 0) is 48.2 Å². The molecule has 0 aliphatic rings. The molecule has 0 aliphatic carbocycles. The fraction of sp³-hybridized carbons (Fsp3) is 0.250. The first-order valence-corrected chi connectivity index (χ1v) is 9.99. The molecule has 0 aliphatic heterocycles. The molecular formula is C20H21ClN4OS. The zero-order chi connectivity index (χ0) is 19.4. The molecule has 140 valence electrons. The topological polar surface area (TPSA) is 59.8 Å². The van der Waals surface area contributed by atoms with Crippen LogP contribution in [-0.4, -0.2) is 26.4 Å². The van der Waals surface area contributed by atoms with Gasteiger partial charge in [-0.1, -0.05) is 55.4 Å². The summed E-state index contributed by atoms with van der Waals surface area (Å²) in [5.41, 5.74) is 3.90. The van der Waals surface area contributed by atoms with Crippen molar-refractivity contribution < 1.29 is 4.79 Å². The zero-order valence-electron chi connectivity index (χ0n) is 15.4. The summed E-state index contributed by atoms with van der Waals surface area (Å²) in [6, 6.07) is 13.7. The van der Waals surface area contributed by atoms with Gasteiger partial charge < -0.3 is 5.32 Å². The molecule has 3 aromatic rings. The van der Waals surface area contributed by atoms with Crippen LogP contribution in [0.25, 0.3) is 5.69 Å². The van der Waals surface area contributed by atoms with Gasteiger partial charge in [0.25, 0.3) is 0 Å². The fourth-order valence-electron chi connectivity index (χ4n) is 2.52. The second-order valence-corrected chi connectivity index (χ2v) is 7.88. The predicted octanol–water partition coefficient (Wildman–Crippen LogP) is 5.08. The van der Waals surface area contributed by atoms with Crippen LogP contribution in [-0.2, 0) is 4.79 Å². The second-order valence-electron chi connectivity index (χ2n) is 6.53. The molecule has 1 heterocycles. The normalized spacial score (nSPS) is 11.0. The number of thioether (sulfide) groups is 1. The third kappa shape index (κ3) is 4.90. The molecule has 0 spiro atoms. The Kier molecular flexibility index (Phi) is 6.19. The van der Waals surface area contributed by atoms with E-state index in [0.717, 1.165) is 11.3 Å². The fourth-order valence-corrected chi connectivity index (χ4v) is 3.43. The molecule has 1 aromatic heterocycles. The number of halogens is 1. The van der Waals surface area contributed by atoms with E-state index >= 15 is 0 Å². The first-order valence-electron chi connectivity index (χ1n) is 8.63. The zero-order valence-corrected chi connectivity index (χ0v) is 17.0. The Morgan fingerprint density at radius 1 is 1.22 bits per heavy atom. The van der Waals surface area contributed by atoms with Crippen molar-refractivity contribution >= 4 is 35.0 Å². The summed E-state index contributed by atoms with van der Waals surface area (Å²) in [4.78, 5) is 12.2. The molecule has 0 atom stereocenters. The quantitative estimate of drug-likeness (QED) is 0.586. The van der Waals surface area contributed by atoms with E-state index in [0.29, 0.717) is 21.8 Å². The number of hydrogen-bond donors (Lipinski definition) is 1. The van der Waals surface area contributed by atoms with Crippen molar-refractivity contribution in [1.82, 2.24) is 14.8 Å². The van der Waals surface area contributed by atoms with E-state index < -0.39 is 0 Å². The van der Waals surface area contributed by atoms with E-state index in [1.165, 1.54) is 17.3 Å². The molecular weight excluding hydrogens is 380 g/mol. The summed E-state index contributed by atoms with van der Waals surface area (Å²) < 4.78 is 1.88. The number of aryl methyl sites for hydroxylation is 1. The van der Waals surface area contributed by atoms with E-state index in [4.69, 9.17) is 11.6 Å². The number of carbonyl (C=O) groups is 1. The average Bonchev–Trinajstić information content (AvgIpc) is 3.12. The van der Waals surface area contributed by atoms with E-state index in [-0.39, 0.29) is 11.7 Å². The molecule has 2 aromatic carbocycles. The van der Waals surface area contributed by atoms with Crippen LogP contribution < -0.4 is 5.32 Å². The van der Waals surface area contributed by atoms with Crippen LogP contribution in [0.15, 0.2) is 53.9 Å². The largest absolute Gasteiger partial charge is 0.325 e. The molecule has 27 heavy (non-hydrogen) atoms. The highest BCUT2D eigenvalue weighted by Crippen LogP contribution is 2.23. The second kappa shape index (κ2) is 8.59. The van der Waals surface area contributed by atoms with Crippen molar-refractivity contribution in [3.05, 3.63) is 64.9 Å². The lowest BCUT2D eigenvalue weighted by atomic mass is 10.0. The number of benzene rings is 2. The predicted molar refractivity (Wildman–Crippen MR) is 111 cm³/mol. The molecule has 3 rings (SSSR count). The Labute approximate surface area is 168 Å². The number of anilines is 1. The lowest BCUT2D eigenvalue weighted by Crippen LogP contribution is -2.14. The summed E-state index contributed by atoms with van der Waals surface area (Å²) >= 11 is 7.43. The van der Waals surface area contributed by atoms with Gasteiger partial charge in [-0.15, -0.1) is 10.2 Å². The monoisotopic (exact) mass is 400 g/mol. The summed E-state index contributed by atoms with van der Waals surface area (Å²) in [5, 5.41) is 12.3. The van der Waals surface area contributed by atoms with Crippen LogP contribution in [0.3, 0.4) is 0 Å². The van der Waals surface area contributed by atoms with Gasteiger partial charge in [0.2, 0.25) is 5.91 Å². The van der Waals surface area contributed by atoms with Gasteiger partial charge >= 0.3 is 0 Å². The van der Waals surface area contributed by atoms with Gasteiger partial charge in [0, 0.05) is 16.4 Å². The van der Waals surface area contributed by atoms with E-state index in [9.17, 15) is 4.79 Å². The molecule has 0 saturated carbocycles. The number of amides is 1. The minimum atomic E-state index is -0.121. The van der Waals surface area contributed by atoms with Crippen LogP contribution >= 0.6 is 23.4 Å². The summed E-state index contributed by atoms with van der Waals surface area (Å²) in [6.07, 6.45) is 1.66. The molecule has 0 saturated heterocycles. The standard InChI is InChI=1S/C20H21ClN4OS/c1-13(2)15-5-8-17(9-6-15)25-12-22-24-20(25)27-11-19(26)23-16-7-4-14(3)18(21)10-16/h4-10,12-13H,11H2,1-3H3,(H,23,26). The van der Waals surface area contributed by atoms with Crippen LogP contribution in [0, 0.1) is 6.92 Å². The van der Waals surface area contributed by atoms with E-state index in [1.807, 2.05) is 35.8 Å². The van der Waals surface area contributed by atoms with Gasteiger partial charge in [0.05, 0.1) is 5.75 Å². The molecule has 0 fully saturated rings.